The van der Waals surface area contributed by atoms with Crippen molar-refractivity contribution in [1.29, 1.82) is 0 Å². The van der Waals surface area contributed by atoms with Crippen LogP contribution >= 0.6 is 15.9 Å². The molecule has 0 radical (unpaired) electrons. The summed E-state index contributed by atoms with van der Waals surface area (Å²) in [6, 6.07) is 6.79. The fourth-order valence-corrected chi connectivity index (χ4v) is 4.85. The molecule has 1 aliphatic carbocycles. The van der Waals surface area contributed by atoms with Crippen LogP contribution in [-0.2, 0) is 10.0 Å². The van der Waals surface area contributed by atoms with E-state index in [0.29, 0.717) is 10.8 Å². The van der Waals surface area contributed by atoms with Gasteiger partial charge in [0.2, 0.25) is 10.0 Å². The number of nitrogens with one attached hydrogen (secondary N) is 1. The van der Waals surface area contributed by atoms with Crippen molar-refractivity contribution in [3.8, 4) is 0 Å². The Morgan fingerprint density at radius 2 is 1.80 bits per heavy atom. The Hall–Kier alpha value is -0.390. The van der Waals surface area contributed by atoms with Gasteiger partial charge in [-0.05, 0) is 54.9 Å². The van der Waals surface area contributed by atoms with E-state index in [2.05, 4.69) is 41.4 Å². The fourth-order valence-electron chi connectivity index (χ4n) is 3.34. The van der Waals surface area contributed by atoms with Gasteiger partial charge in [0, 0.05) is 10.5 Å². The van der Waals surface area contributed by atoms with Gasteiger partial charge in [0.15, 0.2) is 0 Å². The molecule has 1 aromatic carbocycles. The summed E-state index contributed by atoms with van der Waals surface area (Å²) in [5.41, 5.74) is 0.199. The summed E-state index contributed by atoms with van der Waals surface area (Å²) in [4.78, 5) is 0.330. The van der Waals surface area contributed by atoms with Crippen LogP contribution < -0.4 is 4.72 Å². The third kappa shape index (κ3) is 4.06. The van der Waals surface area contributed by atoms with Gasteiger partial charge in [0.25, 0.3) is 0 Å². The van der Waals surface area contributed by atoms with E-state index in [4.69, 9.17) is 0 Å². The number of sulfonamides is 1. The number of hydrogen-bond donors (Lipinski definition) is 1. The summed E-state index contributed by atoms with van der Waals surface area (Å²) in [6.45, 7) is 6.62. The Labute approximate surface area is 130 Å². The minimum Gasteiger partial charge on any atom is -0.208 e. The van der Waals surface area contributed by atoms with E-state index in [0.717, 1.165) is 23.7 Å². The van der Waals surface area contributed by atoms with Crippen molar-refractivity contribution in [2.45, 2.75) is 51.0 Å². The molecule has 0 heterocycles. The van der Waals surface area contributed by atoms with Gasteiger partial charge in [-0.3, -0.25) is 0 Å². The van der Waals surface area contributed by atoms with E-state index in [9.17, 15) is 8.42 Å². The van der Waals surface area contributed by atoms with Gasteiger partial charge in [0.05, 0.1) is 4.90 Å². The molecule has 1 aliphatic rings. The molecule has 0 bridgehead atoms. The smallest absolute Gasteiger partial charge is 0.208 e. The minimum atomic E-state index is -3.42. The third-order valence-electron chi connectivity index (χ3n) is 3.83. The first-order valence-electron chi connectivity index (χ1n) is 6.96. The van der Waals surface area contributed by atoms with E-state index in [1.165, 1.54) is 0 Å². The van der Waals surface area contributed by atoms with E-state index in [-0.39, 0.29) is 11.5 Å². The average Bonchev–Trinajstić information content (AvgIpc) is 2.25. The molecule has 1 fully saturated rings. The zero-order valence-corrected chi connectivity index (χ0v) is 14.6. The summed E-state index contributed by atoms with van der Waals surface area (Å²) in [5.74, 6) is 0.552. The topological polar surface area (TPSA) is 46.2 Å². The van der Waals surface area contributed by atoms with Crippen LogP contribution in [0.4, 0.5) is 0 Å². The lowest BCUT2D eigenvalue weighted by Gasteiger charge is -2.39. The van der Waals surface area contributed by atoms with Crippen molar-refractivity contribution < 1.29 is 8.42 Å². The molecule has 3 nitrogen and oxygen atoms in total. The highest BCUT2D eigenvalue weighted by Crippen LogP contribution is 2.38. The van der Waals surface area contributed by atoms with E-state index in [1.54, 1.807) is 24.3 Å². The van der Waals surface area contributed by atoms with Crippen molar-refractivity contribution in [2.75, 3.05) is 0 Å². The molecule has 0 spiro atoms. The lowest BCUT2D eigenvalue weighted by Crippen LogP contribution is -2.42. The van der Waals surface area contributed by atoms with Crippen LogP contribution in [0.3, 0.4) is 0 Å². The number of hydrogen-bond acceptors (Lipinski definition) is 2. The van der Waals surface area contributed by atoms with E-state index >= 15 is 0 Å². The summed E-state index contributed by atoms with van der Waals surface area (Å²) in [6.07, 6.45) is 2.97. The van der Waals surface area contributed by atoms with Crippen molar-refractivity contribution in [1.82, 2.24) is 4.72 Å². The molecule has 2 rings (SSSR count). The molecule has 20 heavy (non-hydrogen) atoms. The summed E-state index contributed by atoms with van der Waals surface area (Å²) in [5, 5.41) is 0. The molecule has 0 aromatic heterocycles. The van der Waals surface area contributed by atoms with Crippen molar-refractivity contribution in [3.05, 3.63) is 28.7 Å². The highest BCUT2D eigenvalue weighted by molar-refractivity contribution is 9.10. The Morgan fingerprint density at radius 1 is 1.20 bits per heavy atom. The van der Waals surface area contributed by atoms with Gasteiger partial charge in [-0.15, -0.1) is 0 Å². The lowest BCUT2D eigenvalue weighted by atomic mass is 9.71. The SMILES string of the molecule is C[C@@H]1C[C@@H](NS(=O)(=O)c2ccc(Br)cc2)CC(C)(C)C1. The van der Waals surface area contributed by atoms with Crippen molar-refractivity contribution >= 4 is 26.0 Å². The maximum absolute atomic E-state index is 12.4. The number of rotatable bonds is 3. The molecule has 112 valence electrons. The number of benzene rings is 1. The van der Waals surface area contributed by atoms with Gasteiger partial charge in [-0.25, -0.2) is 13.1 Å². The van der Waals surface area contributed by atoms with Crippen LogP contribution in [0.2, 0.25) is 0 Å². The molecular weight excluding hydrogens is 338 g/mol. The Balaban J connectivity index is 2.14. The van der Waals surface area contributed by atoms with Crippen LogP contribution in [-0.4, -0.2) is 14.5 Å². The zero-order valence-electron chi connectivity index (χ0n) is 12.2. The molecule has 1 saturated carbocycles. The minimum absolute atomic E-state index is 0.0300. The molecule has 0 unspecified atom stereocenters. The van der Waals surface area contributed by atoms with Gasteiger partial charge in [0.1, 0.15) is 0 Å². The molecule has 1 aromatic rings. The average molecular weight is 360 g/mol. The van der Waals surface area contributed by atoms with Crippen molar-refractivity contribution in [3.63, 3.8) is 0 Å². The first kappa shape index (κ1) is 16.0. The normalized spacial score (nSPS) is 26.4. The highest BCUT2D eigenvalue weighted by Gasteiger charge is 2.34. The van der Waals surface area contributed by atoms with Crippen LogP contribution in [0.25, 0.3) is 0 Å². The second-order valence-corrected chi connectivity index (χ2v) is 9.32. The van der Waals surface area contributed by atoms with Gasteiger partial charge < -0.3 is 0 Å². The Bertz CT molecular complexity index is 566. The monoisotopic (exact) mass is 359 g/mol. The highest BCUT2D eigenvalue weighted by atomic mass is 79.9. The third-order valence-corrected chi connectivity index (χ3v) is 5.90. The molecular formula is C15H22BrNO2S. The molecule has 0 amide bonds. The lowest BCUT2D eigenvalue weighted by molar-refractivity contribution is 0.163. The van der Waals surface area contributed by atoms with Gasteiger partial charge in [-0.1, -0.05) is 36.7 Å². The maximum atomic E-state index is 12.4. The predicted octanol–water partition coefficient (Wildman–Crippen LogP) is 3.94. The van der Waals surface area contributed by atoms with Crippen LogP contribution in [0.1, 0.15) is 40.0 Å². The van der Waals surface area contributed by atoms with E-state index in [1.807, 2.05) is 0 Å². The molecule has 2 atom stereocenters. The second-order valence-electron chi connectivity index (χ2n) is 6.69. The predicted molar refractivity (Wildman–Crippen MR) is 85.0 cm³/mol. The van der Waals surface area contributed by atoms with Crippen molar-refractivity contribution in [2.24, 2.45) is 11.3 Å². The standard InChI is InChI=1S/C15H22BrNO2S/c1-11-8-13(10-15(2,3)9-11)17-20(18,19)14-6-4-12(16)5-7-14/h4-7,11,13,17H,8-10H2,1-3H3/t11-,13-/m1/s1. The first-order chi connectivity index (χ1) is 9.18. The van der Waals surface area contributed by atoms with Crippen LogP contribution in [0.5, 0.6) is 0 Å². The first-order valence-corrected chi connectivity index (χ1v) is 9.23. The largest absolute Gasteiger partial charge is 0.240 e. The van der Waals surface area contributed by atoms with Crippen LogP contribution in [0, 0.1) is 11.3 Å². The molecule has 1 N–H and O–H groups in total. The van der Waals surface area contributed by atoms with Crippen LogP contribution in [0.15, 0.2) is 33.6 Å². The van der Waals surface area contributed by atoms with E-state index < -0.39 is 10.0 Å². The molecule has 5 heteroatoms. The summed E-state index contributed by atoms with van der Waals surface area (Å²) in [7, 11) is -3.42. The molecule has 0 saturated heterocycles. The quantitative estimate of drug-likeness (QED) is 0.887. The Morgan fingerprint density at radius 3 is 2.35 bits per heavy atom. The zero-order chi connectivity index (χ0) is 15.0. The fraction of sp³-hybridized carbons (Fsp3) is 0.600. The number of halogens is 1. The Kier molecular flexibility index (Phi) is 4.62. The summed E-state index contributed by atoms with van der Waals surface area (Å²) >= 11 is 3.32. The molecule has 0 aliphatic heterocycles. The van der Waals surface area contributed by atoms with Gasteiger partial charge in [-0.2, -0.15) is 0 Å². The summed E-state index contributed by atoms with van der Waals surface area (Å²) < 4.78 is 28.6. The maximum Gasteiger partial charge on any atom is 0.240 e. The van der Waals surface area contributed by atoms with Gasteiger partial charge >= 0.3 is 0 Å². The second kappa shape index (κ2) is 5.78.